The second-order valence-corrected chi connectivity index (χ2v) is 5.57. The normalized spacial score (nSPS) is 11.8. The number of anilines is 1. The van der Waals surface area contributed by atoms with Gasteiger partial charge in [-0.1, -0.05) is 25.1 Å². The van der Waals surface area contributed by atoms with Crippen molar-refractivity contribution in [1.82, 2.24) is 0 Å². The molecule has 0 spiro atoms. The maximum absolute atomic E-state index is 12.4. The molecule has 3 heteroatoms. The molecule has 22 heavy (non-hydrogen) atoms. The van der Waals surface area contributed by atoms with Crippen molar-refractivity contribution in [3.63, 3.8) is 0 Å². The van der Waals surface area contributed by atoms with Gasteiger partial charge in [0.2, 0.25) is 0 Å². The SMILES string of the molecule is CCC(C)Oc1cccc(C(=O)Nc2cccc(C)c2C)c1. The third kappa shape index (κ3) is 3.88. The molecule has 0 saturated heterocycles. The van der Waals surface area contributed by atoms with Gasteiger partial charge in [-0.3, -0.25) is 4.79 Å². The van der Waals surface area contributed by atoms with Gasteiger partial charge in [-0.15, -0.1) is 0 Å². The number of hydrogen-bond donors (Lipinski definition) is 1. The summed E-state index contributed by atoms with van der Waals surface area (Å²) < 4.78 is 5.77. The van der Waals surface area contributed by atoms with Crippen LogP contribution in [0.25, 0.3) is 0 Å². The number of benzene rings is 2. The van der Waals surface area contributed by atoms with Crippen LogP contribution in [0.4, 0.5) is 5.69 Å². The van der Waals surface area contributed by atoms with Crippen LogP contribution in [-0.2, 0) is 0 Å². The Morgan fingerprint density at radius 2 is 1.91 bits per heavy atom. The molecule has 1 atom stereocenters. The summed E-state index contributed by atoms with van der Waals surface area (Å²) >= 11 is 0. The molecule has 0 saturated carbocycles. The molecule has 0 bridgehead atoms. The van der Waals surface area contributed by atoms with Gasteiger partial charge in [-0.2, -0.15) is 0 Å². The number of aryl methyl sites for hydroxylation is 1. The number of hydrogen-bond acceptors (Lipinski definition) is 2. The van der Waals surface area contributed by atoms with Gasteiger partial charge in [0.05, 0.1) is 6.10 Å². The van der Waals surface area contributed by atoms with Gasteiger partial charge in [0.15, 0.2) is 0 Å². The fourth-order valence-corrected chi connectivity index (χ4v) is 2.11. The highest BCUT2D eigenvalue weighted by molar-refractivity contribution is 6.04. The van der Waals surface area contributed by atoms with Crippen molar-refractivity contribution < 1.29 is 9.53 Å². The number of rotatable bonds is 5. The summed E-state index contributed by atoms with van der Waals surface area (Å²) in [6.07, 6.45) is 1.07. The molecule has 0 fully saturated rings. The van der Waals surface area contributed by atoms with Crippen LogP contribution in [0.5, 0.6) is 5.75 Å². The molecule has 2 rings (SSSR count). The summed E-state index contributed by atoms with van der Waals surface area (Å²) in [6, 6.07) is 13.2. The van der Waals surface area contributed by atoms with Crippen LogP contribution in [0.1, 0.15) is 41.8 Å². The lowest BCUT2D eigenvalue weighted by Gasteiger charge is -2.14. The average Bonchev–Trinajstić information content (AvgIpc) is 2.52. The molecule has 0 radical (unpaired) electrons. The second-order valence-electron chi connectivity index (χ2n) is 5.57. The Hall–Kier alpha value is -2.29. The fourth-order valence-electron chi connectivity index (χ4n) is 2.11. The first-order valence-corrected chi connectivity index (χ1v) is 7.65. The lowest BCUT2D eigenvalue weighted by molar-refractivity contribution is 0.102. The number of carbonyl (C=O) groups is 1. The smallest absolute Gasteiger partial charge is 0.255 e. The van der Waals surface area contributed by atoms with Crippen molar-refractivity contribution in [2.45, 2.75) is 40.2 Å². The van der Waals surface area contributed by atoms with Gasteiger partial charge < -0.3 is 10.1 Å². The highest BCUT2D eigenvalue weighted by atomic mass is 16.5. The fraction of sp³-hybridized carbons (Fsp3) is 0.316. The summed E-state index contributed by atoms with van der Waals surface area (Å²) in [5.74, 6) is 0.603. The maximum atomic E-state index is 12.4. The van der Waals surface area contributed by atoms with Crippen molar-refractivity contribution in [3.8, 4) is 5.75 Å². The molecule has 0 aromatic heterocycles. The lowest BCUT2D eigenvalue weighted by Crippen LogP contribution is -2.14. The van der Waals surface area contributed by atoms with Gasteiger partial charge in [-0.25, -0.2) is 0 Å². The highest BCUT2D eigenvalue weighted by Gasteiger charge is 2.10. The summed E-state index contributed by atoms with van der Waals surface area (Å²) in [6.45, 7) is 8.13. The van der Waals surface area contributed by atoms with Gasteiger partial charge in [0.25, 0.3) is 5.91 Å². The number of carbonyl (C=O) groups excluding carboxylic acids is 1. The quantitative estimate of drug-likeness (QED) is 0.866. The molecule has 0 aliphatic heterocycles. The van der Waals surface area contributed by atoms with Gasteiger partial charge in [0.1, 0.15) is 5.75 Å². The Labute approximate surface area is 132 Å². The van der Waals surface area contributed by atoms with E-state index in [1.165, 1.54) is 0 Å². The predicted molar refractivity (Wildman–Crippen MR) is 90.7 cm³/mol. The minimum absolute atomic E-state index is 0.122. The van der Waals surface area contributed by atoms with Gasteiger partial charge in [-0.05, 0) is 62.6 Å². The molecule has 0 heterocycles. The topological polar surface area (TPSA) is 38.3 Å². The van der Waals surface area contributed by atoms with E-state index in [0.29, 0.717) is 5.56 Å². The van der Waals surface area contributed by atoms with Gasteiger partial charge >= 0.3 is 0 Å². The maximum Gasteiger partial charge on any atom is 0.255 e. The first-order chi connectivity index (χ1) is 10.5. The van der Waals surface area contributed by atoms with Crippen LogP contribution in [-0.4, -0.2) is 12.0 Å². The number of ether oxygens (including phenoxy) is 1. The van der Waals surface area contributed by atoms with E-state index in [9.17, 15) is 4.79 Å². The first-order valence-electron chi connectivity index (χ1n) is 7.65. The third-order valence-electron chi connectivity index (χ3n) is 3.86. The second kappa shape index (κ2) is 7.12. The first kappa shape index (κ1) is 16.1. The van der Waals surface area contributed by atoms with Crippen LogP contribution in [0.3, 0.4) is 0 Å². The molecule has 0 aliphatic rings. The third-order valence-corrected chi connectivity index (χ3v) is 3.86. The minimum Gasteiger partial charge on any atom is -0.491 e. The molecular weight excluding hydrogens is 274 g/mol. The zero-order valence-electron chi connectivity index (χ0n) is 13.6. The Morgan fingerprint density at radius 1 is 1.18 bits per heavy atom. The van der Waals surface area contributed by atoms with E-state index in [-0.39, 0.29) is 12.0 Å². The number of nitrogens with one attached hydrogen (secondary N) is 1. The van der Waals surface area contributed by atoms with Crippen LogP contribution >= 0.6 is 0 Å². The summed E-state index contributed by atoms with van der Waals surface area (Å²) in [7, 11) is 0. The van der Waals surface area contributed by atoms with Crippen LogP contribution < -0.4 is 10.1 Å². The Kier molecular flexibility index (Phi) is 5.21. The Morgan fingerprint density at radius 3 is 2.64 bits per heavy atom. The van der Waals surface area contributed by atoms with E-state index in [2.05, 4.69) is 12.2 Å². The summed E-state index contributed by atoms with van der Waals surface area (Å²) in [5.41, 5.74) is 3.69. The average molecular weight is 297 g/mol. The Bertz CT molecular complexity index is 664. The molecule has 116 valence electrons. The van der Waals surface area contributed by atoms with Crippen LogP contribution in [0, 0.1) is 13.8 Å². The molecular formula is C19H23NO2. The van der Waals surface area contributed by atoms with Crippen molar-refractivity contribution in [1.29, 1.82) is 0 Å². The highest BCUT2D eigenvalue weighted by Crippen LogP contribution is 2.20. The number of amides is 1. The molecule has 2 aromatic carbocycles. The predicted octanol–water partition coefficient (Wildman–Crippen LogP) is 4.73. The van der Waals surface area contributed by atoms with Crippen molar-refractivity contribution in [2.75, 3.05) is 5.32 Å². The van der Waals surface area contributed by atoms with E-state index in [1.807, 2.05) is 51.1 Å². The molecule has 1 N–H and O–H groups in total. The molecule has 1 unspecified atom stereocenters. The molecule has 3 nitrogen and oxygen atoms in total. The zero-order chi connectivity index (χ0) is 16.1. The van der Waals surface area contributed by atoms with E-state index in [4.69, 9.17) is 4.74 Å². The Balaban J connectivity index is 2.16. The molecule has 1 amide bonds. The van der Waals surface area contributed by atoms with E-state index in [0.717, 1.165) is 29.0 Å². The van der Waals surface area contributed by atoms with Gasteiger partial charge in [0, 0.05) is 11.3 Å². The van der Waals surface area contributed by atoms with Crippen LogP contribution in [0.2, 0.25) is 0 Å². The van der Waals surface area contributed by atoms with Crippen molar-refractivity contribution in [2.24, 2.45) is 0 Å². The van der Waals surface area contributed by atoms with E-state index < -0.39 is 0 Å². The standard InChI is InChI=1S/C19H23NO2/c1-5-14(3)22-17-10-7-9-16(12-17)19(21)20-18-11-6-8-13(2)15(18)4/h6-12,14H,5H2,1-4H3,(H,20,21). The largest absolute Gasteiger partial charge is 0.491 e. The summed E-state index contributed by atoms with van der Waals surface area (Å²) in [5, 5.41) is 2.97. The molecule has 2 aromatic rings. The van der Waals surface area contributed by atoms with Crippen molar-refractivity contribution in [3.05, 3.63) is 59.2 Å². The monoisotopic (exact) mass is 297 g/mol. The molecule has 0 aliphatic carbocycles. The van der Waals surface area contributed by atoms with Crippen LogP contribution in [0.15, 0.2) is 42.5 Å². The summed E-state index contributed by atoms with van der Waals surface area (Å²) in [4.78, 5) is 12.4. The zero-order valence-corrected chi connectivity index (χ0v) is 13.6. The lowest BCUT2D eigenvalue weighted by atomic mass is 10.1. The van der Waals surface area contributed by atoms with E-state index in [1.54, 1.807) is 12.1 Å². The minimum atomic E-state index is -0.122. The van der Waals surface area contributed by atoms with Crippen molar-refractivity contribution >= 4 is 11.6 Å². The van der Waals surface area contributed by atoms with E-state index >= 15 is 0 Å².